The lowest BCUT2D eigenvalue weighted by atomic mass is 9.99. The number of aromatic nitrogens is 2. The molecule has 5 heteroatoms. The minimum Gasteiger partial charge on any atom is -0.424 e. The van der Waals surface area contributed by atoms with Crippen LogP contribution < -0.4 is 10.5 Å². The van der Waals surface area contributed by atoms with Crippen LogP contribution in [-0.4, -0.2) is 9.97 Å². The Balaban J connectivity index is 2.38. The number of anilines is 1. The molecule has 0 saturated carbocycles. The minimum absolute atomic E-state index is 0.118. The maximum absolute atomic E-state index is 12.8. The summed E-state index contributed by atoms with van der Waals surface area (Å²) in [5, 5.41) is 0. The van der Waals surface area contributed by atoms with E-state index in [1.165, 1.54) is 0 Å². The first-order valence-corrected chi connectivity index (χ1v) is 6.02. The second-order valence-electron chi connectivity index (χ2n) is 4.69. The summed E-state index contributed by atoms with van der Waals surface area (Å²) in [7, 11) is 0. The molecular formula is C14H16FN3O. The fraction of sp³-hybridized carbons (Fsp3) is 0.286. The van der Waals surface area contributed by atoms with Gasteiger partial charge in [-0.3, -0.25) is 0 Å². The SMILES string of the molecule is Cc1cc(Oc2ncc(F)cn2)c(C(C)C)cc1N. The van der Waals surface area contributed by atoms with Crippen LogP contribution in [0.2, 0.25) is 0 Å². The van der Waals surface area contributed by atoms with Gasteiger partial charge < -0.3 is 10.5 Å². The van der Waals surface area contributed by atoms with Crippen molar-refractivity contribution in [3.8, 4) is 11.8 Å². The van der Waals surface area contributed by atoms with E-state index < -0.39 is 5.82 Å². The van der Waals surface area contributed by atoms with Gasteiger partial charge in [0.15, 0.2) is 5.82 Å². The number of hydrogen-bond donors (Lipinski definition) is 1. The van der Waals surface area contributed by atoms with E-state index in [4.69, 9.17) is 10.5 Å². The van der Waals surface area contributed by atoms with Gasteiger partial charge in [-0.25, -0.2) is 14.4 Å². The van der Waals surface area contributed by atoms with Gasteiger partial charge in [-0.15, -0.1) is 0 Å². The van der Waals surface area contributed by atoms with Crippen LogP contribution in [0.4, 0.5) is 10.1 Å². The van der Waals surface area contributed by atoms with Crippen molar-refractivity contribution >= 4 is 5.69 Å². The maximum Gasteiger partial charge on any atom is 0.322 e. The molecule has 0 aliphatic heterocycles. The first kappa shape index (κ1) is 13.3. The number of rotatable bonds is 3. The Morgan fingerprint density at radius 1 is 1.21 bits per heavy atom. The zero-order chi connectivity index (χ0) is 14.0. The normalized spacial score (nSPS) is 10.8. The van der Waals surface area contributed by atoms with Gasteiger partial charge in [0.2, 0.25) is 0 Å². The van der Waals surface area contributed by atoms with E-state index in [9.17, 15) is 4.39 Å². The quantitative estimate of drug-likeness (QED) is 0.860. The van der Waals surface area contributed by atoms with Gasteiger partial charge >= 0.3 is 6.01 Å². The first-order valence-electron chi connectivity index (χ1n) is 6.02. The summed E-state index contributed by atoms with van der Waals surface area (Å²) in [6.07, 6.45) is 2.14. The van der Waals surface area contributed by atoms with Gasteiger partial charge in [-0.05, 0) is 36.1 Å². The number of nitrogen functional groups attached to an aromatic ring is 1. The molecule has 2 rings (SSSR count). The van der Waals surface area contributed by atoms with Crippen molar-refractivity contribution in [2.45, 2.75) is 26.7 Å². The van der Waals surface area contributed by atoms with E-state index in [0.29, 0.717) is 5.75 Å². The molecule has 0 fully saturated rings. The van der Waals surface area contributed by atoms with E-state index >= 15 is 0 Å². The van der Waals surface area contributed by atoms with Crippen LogP contribution in [0.5, 0.6) is 11.8 Å². The Morgan fingerprint density at radius 2 is 1.84 bits per heavy atom. The molecule has 0 radical (unpaired) electrons. The zero-order valence-corrected chi connectivity index (χ0v) is 11.1. The Hall–Kier alpha value is -2.17. The highest BCUT2D eigenvalue weighted by Crippen LogP contribution is 2.32. The average Bonchev–Trinajstić information content (AvgIpc) is 2.36. The highest BCUT2D eigenvalue weighted by atomic mass is 19.1. The van der Waals surface area contributed by atoms with Gasteiger partial charge in [0.25, 0.3) is 0 Å². The number of halogens is 1. The summed E-state index contributed by atoms with van der Waals surface area (Å²) in [5.74, 6) is 0.400. The smallest absolute Gasteiger partial charge is 0.322 e. The number of hydrogen-bond acceptors (Lipinski definition) is 4. The Labute approximate surface area is 111 Å². The van der Waals surface area contributed by atoms with E-state index in [1.807, 2.05) is 32.9 Å². The van der Waals surface area contributed by atoms with Crippen LogP contribution >= 0.6 is 0 Å². The molecule has 4 nitrogen and oxygen atoms in total. The lowest BCUT2D eigenvalue weighted by molar-refractivity contribution is 0.429. The number of nitrogens with two attached hydrogens (primary N) is 1. The number of nitrogens with zero attached hydrogens (tertiary/aromatic N) is 2. The lowest BCUT2D eigenvalue weighted by Gasteiger charge is -2.15. The summed E-state index contributed by atoms with van der Waals surface area (Å²) in [6.45, 7) is 5.99. The summed E-state index contributed by atoms with van der Waals surface area (Å²) in [6, 6.07) is 3.85. The van der Waals surface area contributed by atoms with Gasteiger partial charge in [0.05, 0.1) is 12.4 Å². The van der Waals surface area contributed by atoms with Crippen LogP contribution in [0, 0.1) is 12.7 Å². The fourth-order valence-electron chi connectivity index (χ4n) is 1.71. The molecule has 2 aromatic rings. The first-order chi connectivity index (χ1) is 8.97. The lowest BCUT2D eigenvalue weighted by Crippen LogP contribution is -2.00. The van der Waals surface area contributed by atoms with Crippen molar-refractivity contribution in [2.24, 2.45) is 0 Å². The van der Waals surface area contributed by atoms with Crippen molar-refractivity contribution in [1.29, 1.82) is 0 Å². The molecule has 19 heavy (non-hydrogen) atoms. The molecule has 0 bridgehead atoms. The summed E-state index contributed by atoms with van der Waals surface area (Å²) in [5.41, 5.74) is 8.51. The number of ether oxygens (including phenoxy) is 1. The predicted octanol–water partition coefficient (Wildman–Crippen LogP) is 3.42. The molecule has 1 aromatic carbocycles. The van der Waals surface area contributed by atoms with E-state index in [1.54, 1.807) is 0 Å². The Bertz CT molecular complexity index is 582. The number of aryl methyl sites for hydroxylation is 1. The second-order valence-corrected chi connectivity index (χ2v) is 4.69. The van der Waals surface area contributed by atoms with E-state index in [2.05, 4.69) is 9.97 Å². The third-order valence-corrected chi connectivity index (χ3v) is 2.82. The molecule has 0 saturated heterocycles. The zero-order valence-electron chi connectivity index (χ0n) is 11.1. The van der Waals surface area contributed by atoms with Crippen molar-refractivity contribution in [3.05, 3.63) is 41.5 Å². The molecule has 1 aromatic heterocycles. The highest BCUT2D eigenvalue weighted by Gasteiger charge is 2.12. The van der Waals surface area contributed by atoms with Crippen molar-refractivity contribution < 1.29 is 9.13 Å². The molecule has 0 spiro atoms. The second kappa shape index (κ2) is 5.22. The monoisotopic (exact) mass is 261 g/mol. The van der Waals surface area contributed by atoms with Crippen molar-refractivity contribution in [2.75, 3.05) is 5.73 Å². The summed E-state index contributed by atoms with van der Waals surface area (Å²) >= 11 is 0. The van der Waals surface area contributed by atoms with Crippen LogP contribution in [0.3, 0.4) is 0 Å². The van der Waals surface area contributed by atoms with Gasteiger partial charge in [-0.1, -0.05) is 13.8 Å². The summed E-state index contributed by atoms with van der Waals surface area (Å²) in [4.78, 5) is 7.57. The van der Waals surface area contributed by atoms with Gasteiger partial charge in [0, 0.05) is 5.69 Å². The van der Waals surface area contributed by atoms with Gasteiger partial charge in [0.1, 0.15) is 5.75 Å². The third-order valence-electron chi connectivity index (χ3n) is 2.82. The average molecular weight is 261 g/mol. The standard InChI is InChI=1S/C14H16FN3O/c1-8(2)11-5-12(16)9(3)4-13(11)19-14-17-6-10(15)7-18-14/h4-8H,16H2,1-3H3. The molecule has 0 unspecified atom stereocenters. The molecule has 1 heterocycles. The maximum atomic E-state index is 12.8. The fourth-order valence-corrected chi connectivity index (χ4v) is 1.71. The Kier molecular flexibility index (Phi) is 3.64. The molecule has 2 N–H and O–H groups in total. The molecule has 0 amide bonds. The van der Waals surface area contributed by atoms with Crippen LogP contribution in [0.1, 0.15) is 30.9 Å². The minimum atomic E-state index is -0.495. The van der Waals surface area contributed by atoms with Crippen LogP contribution in [-0.2, 0) is 0 Å². The van der Waals surface area contributed by atoms with Crippen LogP contribution in [0.15, 0.2) is 24.5 Å². The molecule has 0 aliphatic carbocycles. The predicted molar refractivity (Wildman–Crippen MR) is 71.7 cm³/mol. The van der Waals surface area contributed by atoms with E-state index in [0.717, 1.165) is 29.2 Å². The highest BCUT2D eigenvalue weighted by molar-refractivity contribution is 5.55. The number of benzene rings is 1. The molecular weight excluding hydrogens is 245 g/mol. The summed E-state index contributed by atoms with van der Waals surface area (Å²) < 4.78 is 18.4. The van der Waals surface area contributed by atoms with Gasteiger partial charge in [-0.2, -0.15) is 0 Å². The molecule has 0 atom stereocenters. The van der Waals surface area contributed by atoms with Crippen molar-refractivity contribution in [3.63, 3.8) is 0 Å². The molecule has 100 valence electrons. The third kappa shape index (κ3) is 2.99. The largest absolute Gasteiger partial charge is 0.424 e. The van der Waals surface area contributed by atoms with Crippen LogP contribution in [0.25, 0.3) is 0 Å². The topological polar surface area (TPSA) is 61.0 Å². The molecule has 0 aliphatic rings. The Morgan fingerprint density at radius 3 is 2.42 bits per heavy atom. The van der Waals surface area contributed by atoms with E-state index in [-0.39, 0.29) is 11.9 Å². The van der Waals surface area contributed by atoms with Crippen molar-refractivity contribution in [1.82, 2.24) is 9.97 Å².